The molecule has 0 fully saturated rings. The highest BCUT2D eigenvalue weighted by molar-refractivity contribution is 6.30. The van der Waals surface area contributed by atoms with Crippen molar-refractivity contribution in [2.75, 3.05) is 0 Å². The summed E-state index contributed by atoms with van der Waals surface area (Å²) in [4.78, 5) is 10.0. The first-order valence-electron chi connectivity index (χ1n) is 3.28. The molecule has 12 heavy (non-hydrogen) atoms. The van der Waals surface area contributed by atoms with Crippen LogP contribution in [0.15, 0.2) is 24.3 Å². The minimum absolute atomic E-state index is 0.0376. The van der Waals surface area contributed by atoms with Crippen LogP contribution in [0.1, 0.15) is 5.56 Å². The molecule has 0 aliphatic heterocycles. The summed E-state index contributed by atoms with van der Waals surface area (Å²) in [5.41, 5.74) is 0.741. The molecule has 0 heterocycles. The number of hydrogen-bond acceptors (Lipinski definition) is 2. The molecule has 1 rings (SSSR count). The minimum atomic E-state index is -1.28. The lowest BCUT2D eigenvalue weighted by Gasteiger charge is -2.00. The zero-order chi connectivity index (χ0) is 8.97. The van der Waals surface area contributed by atoms with Crippen molar-refractivity contribution in [3.05, 3.63) is 34.9 Å². The lowest BCUT2D eigenvalue weighted by atomic mass is 10.2. The van der Waals surface area contributed by atoms with Crippen LogP contribution in [0.2, 0.25) is 5.02 Å². The second-order valence-electron chi connectivity index (χ2n) is 2.18. The number of hydrogen-bond donors (Lipinski definition) is 1. The number of ether oxygens (including phenoxy) is 1. The van der Waals surface area contributed by atoms with Crippen molar-refractivity contribution in [1.82, 2.24) is 0 Å². The van der Waals surface area contributed by atoms with Crippen molar-refractivity contribution in [2.24, 2.45) is 0 Å². The van der Waals surface area contributed by atoms with Crippen LogP contribution >= 0.6 is 11.6 Å². The average molecular weight is 187 g/mol. The van der Waals surface area contributed by atoms with Crippen molar-refractivity contribution in [2.45, 2.75) is 6.61 Å². The maximum Gasteiger partial charge on any atom is 0.506 e. The van der Waals surface area contributed by atoms with E-state index in [4.69, 9.17) is 16.7 Å². The van der Waals surface area contributed by atoms with E-state index in [2.05, 4.69) is 4.74 Å². The Morgan fingerprint density at radius 3 is 2.92 bits per heavy atom. The van der Waals surface area contributed by atoms with E-state index in [1.807, 2.05) is 0 Å². The van der Waals surface area contributed by atoms with E-state index in [0.29, 0.717) is 5.02 Å². The number of halogens is 1. The van der Waals surface area contributed by atoms with E-state index < -0.39 is 6.16 Å². The molecular formula is C8H7ClO3. The fourth-order valence-electron chi connectivity index (χ4n) is 0.772. The van der Waals surface area contributed by atoms with Crippen LogP contribution in [0, 0.1) is 0 Å². The number of rotatable bonds is 2. The number of carbonyl (C=O) groups is 1. The third kappa shape index (κ3) is 2.80. The van der Waals surface area contributed by atoms with Crippen LogP contribution < -0.4 is 0 Å². The van der Waals surface area contributed by atoms with Crippen LogP contribution in [0.5, 0.6) is 0 Å². The van der Waals surface area contributed by atoms with Gasteiger partial charge in [-0.1, -0.05) is 23.7 Å². The van der Waals surface area contributed by atoms with E-state index in [-0.39, 0.29) is 6.61 Å². The Labute approximate surface area is 74.5 Å². The largest absolute Gasteiger partial charge is 0.506 e. The highest BCUT2D eigenvalue weighted by atomic mass is 35.5. The van der Waals surface area contributed by atoms with Crippen molar-refractivity contribution >= 4 is 17.8 Å². The van der Waals surface area contributed by atoms with Gasteiger partial charge in [-0.3, -0.25) is 0 Å². The topological polar surface area (TPSA) is 46.5 Å². The van der Waals surface area contributed by atoms with Gasteiger partial charge < -0.3 is 9.84 Å². The molecule has 0 saturated carbocycles. The molecule has 4 heteroatoms. The van der Waals surface area contributed by atoms with E-state index in [1.54, 1.807) is 24.3 Å². The van der Waals surface area contributed by atoms with Gasteiger partial charge in [-0.05, 0) is 17.7 Å². The van der Waals surface area contributed by atoms with Gasteiger partial charge in [0, 0.05) is 5.02 Å². The normalized spacial score (nSPS) is 9.42. The Kier molecular flexibility index (Phi) is 2.94. The molecule has 0 aromatic heterocycles. The summed E-state index contributed by atoms with van der Waals surface area (Å²) in [6.07, 6.45) is -1.28. The first-order valence-corrected chi connectivity index (χ1v) is 3.66. The zero-order valence-electron chi connectivity index (χ0n) is 6.16. The van der Waals surface area contributed by atoms with Crippen molar-refractivity contribution < 1.29 is 14.6 Å². The van der Waals surface area contributed by atoms with E-state index in [0.717, 1.165) is 5.56 Å². The third-order valence-electron chi connectivity index (χ3n) is 1.25. The molecule has 1 aromatic rings. The highest BCUT2D eigenvalue weighted by Gasteiger charge is 1.98. The summed E-state index contributed by atoms with van der Waals surface area (Å²) in [5.74, 6) is 0. The summed E-state index contributed by atoms with van der Waals surface area (Å²) in [6, 6.07) is 6.86. The smallest absolute Gasteiger partial charge is 0.450 e. The molecule has 0 spiro atoms. The predicted octanol–water partition coefficient (Wildman–Crippen LogP) is 2.53. The number of carboxylic acid groups (broad SMARTS) is 1. The summed E-state index contributed by atoms with van der Waals surface area (Å²) in [7, 11) is 0. The second-order valence-corrected chi connectivity index (χ2v) is 2.62. The summed E-state index contributed by atoms with van der Waals surface area (Å²) in [5, 5.41) is 8.76. The molecule has 0 amide bonds. The second kappa shape index (κ2) is 3.97. The van der Waals surface area contributed by atoms with Gasteiger partial charge in [0.2, 0.25) is 0 Å². The Morgan fingerprint density at radius 2 is 2.33 bits per heavy atom. The van der Waals surface area contributed by atoms with Gasteiger partial charge in [-0.25, -0.2) is 4.79 Å². The Morgan fingerprint density at radius 1 is 1.58 bits per heavy atom. The van der Waals surface area contributed by atoms with E-state index in [9.17, 15) is 4.79 Å². The van der Waals surface area contributed by atoms with Crippen molar-refractivity contribution in [3.8, 4) is 0 Å². The molecule has 1 N–H and O–H groups in total. The Hall–Kier alpha value is -1.22. The van der Waals surface area contributed by atoms with Crippen LogP contribution in [0.4, 0.5) is 4.79 Å². The first-order chi connectivity index (χ1) is 5.68. The molecule has 0 aliphatic carbocycles. The minimum Gasteiger partial charge on any atom is -0.450 e. The lowest BCUT2D eigenvalue weighted by Crippen LogP contribution is -1.99. The van der Waals surface area contributed by atoms with E-state index in [1.165, 1.54) is 0 Å². The molecule has 3 nitrogen and oxygen atoms in total. The molecule has 0 unspecified atom stereocenters. The van der Waals surface area contributed by atoms with Gasteiger partial charge in [0.15, 0.2) is 0 Å². The molecule has 0 atom stereocenters. The Bertz CT molecular complexity index is 285. The molecule has 1 aromatic carbocycles. The SMILES string of the molecule is O=C(O)OCc1cccc(Cl)c1. The monoisotopic (exact) mass is 186 g/mol. The Balaban J connectivity index is 2.57. The maximum atomic E-state index is 10.0. The van der Waals surface area contributed by atoms with Gasteiger partial charge in [0.25, 0.3) is 0 Å². The fourth-order valence-corrected chi connectivity index (χ4v) is 0.985. The maximum absolute atomic E-state index is 10.0. The number of benzene rings is 1. The molecule has 0 radical (unpaired) electrons. The van der Waals surface area contributed by atoms with Gasteiger partial charge in [-0.15, -0.1) is 0 Å². The van der Waals surface area contributed by atoms with Gasteiger partial charge in [0.1, 0.15) is 6.61 Å². The van der Waals surface area contributed by atoms with Gasteiger partial charge in [0.05, 0.1) is 0 Å². The quantitative estimate of drug-likeness (QED) is 0.722. The first kappa shape index (κ1) is 8.87. The molecule has 0 aliphatic rings. The predicted molar refractivity (Wildman–Crippen MR) is 44.3 cm³/mol. The van der Waals surface area contributed by atoms with E-state index >= 15 is 0 Å². The van der Waals surface area contributed by atoms with Crippen molar-refractivity contribution in [3.63, 3.8) is 0 Å². The van der Waals surface area contributed by atoms with Crippen molar-refractivity contribution in [1.29, 1.82) is 0 Å². The molecule has 0 saturated heterocycles. The zero-order valence-corrected chi connectivity index (χ0v) is 6.91. The van der Waals surface area contributed by atoms with Crippen LogP contribution in [0.3, 0.4) is 0 Å². The van der Waals surface area contributed by atoms with Crippen LogP contribution in [0.25, 0.3) is 0 Å². The highest BCUT2D eigenvalue weighted by Crippen LogP contribution is 2.11. The fraction of sp³-hybridized carbons (Fsp3) is 0.125. The molecular weight excluding hydrogens is 180 g/mol. The van der Waals surface area contributed by atoms with Crippen LogP contribution in [-0.4, -0.2) is 11.3 Å². The van der Waals surface area contributed by atoms with Crippen LogP contribution in [-0.2, 0) is 11.3 Å². The lowest BCUT2D eigenvalue weighted by molar-refractivity contribution is 0.0854. The summed E-state index contributed by atoms with van der Waals surface area (Å²) >= 11 is 5.66. The van der Waals surface area contributed by atoms with Gasteiger partial charge >= 0.3 is 6.16 Å². The molecule has 0 bridgehead atoms. The standard InChI is InChI=1S/C8H7ClO3/c9-7-3-1-2-6(4-7)5-12-8(10)11/h1-4H,5H2,(H,10,11). The van der Waals surface area contributed by atoms with Gasteiger partial charge in [-0.2, -0.15) is 0 Å². The summed E-state index contributed by atoms with van der Waals surface area (Å²) in [6.45, 7) is 0.0376. The third-order valence-corrected chi connectivity index (χ3v) is 1.49. The summed E-state index contributed by atoms with van der Waals surface area (Å²) < 4.78 is 4.34. The average Bonchev–Trinajstić information content (AvgIpc) is 2.01. The molecule has 64 valence electrons.